The van der Waals surface area contributed by atoms with Crippen molar-refractivity contribution in [3.63, 3.8) is 0 Å². The standard InChI is InChI=1S/C31H47FN4O4S.ClH/c1-5-33-27-18-25(19-28(20-27)36-14-6-7-15-41(36,39)40)31(38)35-29(17-24-12-9-13-26(32)16-24)30(37)21-34-23(4)11-8-10-22(2)3;/h9,12-13,16,18-20,22-23,29-30,33-34,37H,5-8,10-11,14-15,17,21H2,1-4H3,(H,35,38);1H/t23?,29-,30+;/m0./s1. The van der Waals surface area contributed by atoms with Crippen molar-refractivity contribution in [2.45, 2.75) is 84.4 Å². The van der Waals surface area contributed by atoms with Crippen LogP contribution in [0.3, 0.4) is 0 Å². The Morgan fingerprint density at radius 3 is 2.52 bits per heavy atom. The number of hydrogen-bond donors (Lipinski definition) is 4. The maximum atomic E-state index is 14.0. The van der Waals surface area contributed by atoms with Gasteiger partial charge in [0.2, 0.25) is 10.0 Å². The first-order chi connectivity index (χ1) is 19.5. The maximum absolute atomic E-state index is 14.0. The van der Waals surface area contributed by atoms with Crippen molar-refractivity contribution in [3.8, 4) is 0 Å². The Morgan fingerprint density at radius 1 is 1.10 bits per heavy atom. The van der Waals surface area contributed by atoms with Gasteiger partial charge in [0.05, 0.1) is 23.6 Å². The van der Waals surface area contributed by atoms with Crippen LogP contribution in [0.2, 0.25) is 0 Å². The number of carbonyl (C=O) groups excluding carboxylic acids is 1. The van der Waals surface area contributed by atoms with E-state index < -0.39 is 28.1 Å². The number of sulfonamides is 1. The Hall–Kier alpha value is -2.40. The topological polar surface area (TPSA) is 111 Å². The maximum Gasteiger partial charge on any atom is 0.251 e. The summed E-state index contributed by atoms with van der Waals surface area (Å²) in [5, 5.41) is 20.7. The molecule has 4 N–H and O–H groups in total. The molecule has 2 aromatic rings. The Labute approximate surface area is 257 Å². The molecule has 0 saturated carbocycles. The third kappa shape index (κ3) is 11.0. The van der Waals surface area contributed by atoms with Crippen molar-refractivity contribution in [2.24, 2.45) is 5.92 Å². The second kappa shape index (κ2) is 17.0. The summed E-state index contributed by atoms with van der Waals surface area (Å²) in [7, 11) is -3.47. The van der Waals surface area contributed by atoms with Crippen LogP contribution in [0.4, 0.5) is 15.8 Å². The zero-order chi connectivity index (χ0) is 30.0. The number of nitrogens with zero attached hydrogens (tertiary/aromatic N) is 1. The van der Waals surface area contributed by atoms with E-state index >= 15 is 0 Å². The summed E-state index contributed by atoms with van der Waals surface area (Å²) in [5.41, 5.74) is 2.01. The van der Waals surface area contributed by atoms with Gasteiger partial charge in [0, 0.05) is 36.9 Å². The molecule has 0 radical (unpaired) electrons. The van der Waals surface area contributed by atoms with Gasteiger partial charge in [-0.15, -0.1) is 12.4 Å². The molecule has 2 aromatic carbocycles. The molecule has 1 heterocycles. The summed E-state index contributed by atoms with van der Waals surface area (Å²) in [6.45, 7) is 9.62. The minimum absolute atomic E-state index is 0. The van der Waals surface area contributed by atoms with Gasteiger partial charge in [-0.25, -0.2) is 12.8 Å². The molecule has 0 aromatic heterocycles. The number of aliphatic hydroxyl groups excluding tert-OH is 1. The van der Waals surface area contributed by atoms with Crippen LogP contribution in [0.5, 0.6) is 0 Å². The number of halogens is 2. The van der Waals surface area contributed by atoms with Gasteiger partial charge in [-0.3, -0.25) is 9.10 Å². The first-order valence-corrected chi connectivity index (χ1v) is 16.5. The van der Waals surface area contributed by atoms with E-state index in [1.54, 1.807) is 30.3 Å². The van der Waals surface area contributed by atoms with Crippen LogP contribution in [0, 0.1) is 11.7 Å². The van der Waals surface area contributed by atoms with Crippen molar-refractivity contribution in [1.29, 1.82) is 0 Å². The largest absolute Gasteiger partial charge is 0.390 e. The highest BCUT2D eigenvalue weighted by molar-refractivity contribution is 7.92. The lowest BCUT2D eigenvalue weighted by Crippen LogP contribution is -2.49. The molecule has 1 fully saturated rings. The van der Waals surface area contributed by atoms with Crippen molar-refractivity contribution < 1.29 is 22.7 Å². The molecule has 3 atom stereocenters. The number of hydrogen-bond acceptors (Lipinski definition) is 6. The molecule has 1 amide bonds. The molecule has 3 rings (SSSR count). The van der Waals surface area contributed by atoms with E-state index in [2.05, 4.69) is 36.7 Å². The molecular formula is C31H48ClFN4O4S. The Kier molecular flexibility index (Phi) is 14.5. The number of benzene rings is 2. The zero-order valence-corrected chi connectivity index (χ0v) is 26.9. The van der Waals surface area contributed by atoms with Crippen LogP contribution in [-0.2, 0) is 16.4 Å². The lowest BCUT2D eigenvalue weighted by atomic mass is 9.99. The predicted octanol–water partition coefficient (Wildman–Crippen LogP) is 5.12. The van der Waals surface area contributed by atoms with Gasteiger partial charge in [-0.2, -0.15) is 0 Å². The fourth-order valence-electron chi connectivity index (χ4n) is 5.12. The van der Waals surface area contributed by atoms with E-state index in [-0.39, 0.29) is 48.5 Å². The fourth-order valence-corrected chi connectivity index (χ4v) is 6.75. The van der Waals surface area contributed by atoms with E-state index in [4.69, 9.17) is 0 Å². The summed E-state index contributed by atoms with van der Waals surface area (Å²) < 4.78 is 40.9. The van der Waals surface area contributed by atoms with E-state index in [9.17, 15) is 22.7 Å². The SMILES string of the molecule is CCNc1cc(C(=O)N[C@@H](Cc2cccc(F)c2)[C@H](O)CNC(C)CCCC(C)C)cc(N2CCCCS2(=O)=O)c1.Cl. The van der Waals surface area contributed by atoms with Crippen LogP contribution in [0.15, 0.2) is 42.5 Å². The number of nitrogens with one attached hydrogen (secondary N) is 3. The minimum atomic E-state index is -3.47. The summed E-state index contributed by atoms with van der Waals surface area (Å²) >= 11 is 0. The van der Waals surface area contributed by atoms with Gasteiger partial charge in [0.15, 0.2) is 0 Å². The Balaban J connectivity index is 0.00000616. The molecule has 1 aliphatic rings. The summed E-state index contributed by atoms with van der Waals surface area (Å²) in [4.78, 5) is 13.6. The highest BCUT2D eigenvalue weighted by Crippen LogP contribution is 2.28. The van der Waals surface area contributed by atoms with Crippen molar-refractivity contribution >= 4 is 39.7 Å². The highest BCUT2D eigenvalue weighted by Gasteiger charge is 2.28. The molecule has 1 unspecified atom stereocenters. The van der Waals surface area contributed by atoms with Crippen molar-refractivity contribution in [2.75, 3.05) is 35.0 Å². The number of aliphatic hydroxyl groups is 1. The lowest BCUT2D eigenvalue weighted by molar-refractivity contribution is 0.0825. The molecule has 0 spiro atoms. The average Bonchev–Trinajstić information content (AvgIpc) is 2.91. The second-order valence-electron chi connectivity index (χ2n) is 11.5. The summed E-state index contributed by atoms with van der Waals surface area (Å²) in [5.74, 6) is -0.110. The van der Waals surface area contributed by atoms with Crippen LogP contribution >= 0.6 is 12.4 Å². The van der Waals surface area contributed by atoms with E-state index in [0.29, 0.717) is 42.4 Å². The molecule has 0 bridgehead atoms. The van der Waals surface area contributed by atoms with Crippen molar-refractivity contribution in [1.82, 2.24) is 10.6 Å². The first kappa shape index (κ1) is 35.8. The summed E-state index contributed by atoms with van der Waals surface area (Å²) in [6, 6.07) is 10.6. The van der Waals surface area contributed by atoms with Gasteiger partial charge in [-0.05, 0) is 81.3 Å². The van der Waals surface area contributed by atoms with Gasteiger partial charge >= 0.3 is 0 Å². The van der Waals surface area contributed by atoms with E-state index in [0.717, 1.165) is 25.7 Å². The van der Waals surface area contributed by atoms with Crippen LogP contribution in [-0.4, -0.2) is 63.0 Å². The van der Waals surface area contributed by atoms with Gasteiger partial charge in [-0.1, -0.05) is 38.8 Å². The summed E-state index contributed by atoms with van der Waals surface area (Å²) in [6.07, 6.45) is 3.86. The predicted molar refractivity (Wildman–Crippen MR) is 172 cm³/mol. The zero-order valence-electron chi connectivity index (χ0n) is 25.2. The smallest absolute Gasteiger partial charge is 0.251 e. The molecular weight excluding hydrogens is 579 g/mol. The quantitative estimate of drug-likeness (QED) is 0.219. The Bertz CT molecular complexity index is 1250. The molecule has 42 heavy (non-hydrogen) atoms. The van der Waals surface area contributed by atoms with Gasteiger partial charge < -0.3 is 21.1 Å². The second-order valence-corrected chi connectivity index (χ2v) is 13.5. The monoisotopic (exact) mass is 626 g/mol. The Morgan fingerprint density at radius 2 is 1.86 bits per heavy atom. The number of amides is 1. The van der Waals surface area contributed by atoms with Crippen LogP contribution in [0.25, 0.3) is 0 Å². The molecule has 236 valence electrons. The van der Waals surface area contributed by atoms with Gasteiger partial charge in [0.1, 0.15) is 5.82 Å². The van der Waals surface area contributed by atoms with E-state index in [1.807, 2.05) is 6.92 Å². The molecule has 1 aliphatic heterocycles. The third-order valence-corrected chi connectivity index (χ3v) is 9.29. The van der Waals surface area contributed by atoms with Gasteiger partial charge in [0.25, 0.3) is 5.91 Å². The average molecular weight is 627 g/mol. The van der Waals surface area contributed by atoms with E-state index in [1.165, 1.54) is 16.4 Å². The first-order valence-electron chi connectivity index (χ1n) is 14.8. The number of anilines is 2. The number of rotatable bonds is 15. The fraction of sp³-hybridized carbons (Fsp3) is 0.581. The normalized spacial score (nSPS) is 16.8. The lowest BCUT2D eigenvalue weighted by Gasteiger charge is -2.29. The molecule has 8 nitrogen and oxygen atoms in total. The molecule has 1 saturated heterocycles. The van der Waals surface area contributed by atoms with Crippen molar-refractivity contribution in [3.05, 3.63) is 59.4 Å². The molecule has 11 heteroatoms. The molecule has 0 aliphatic carbocycles. The van der Waals surface area contributed by atoms with Crippen LogP contribution < -0.4 is 20.3 Å². The number of carbonyl (C=O) groups is 1. The van der Waals surface area contributed by atoms with Crippen LogP contribution in [0.1, 0.15) is 75.7 Å². The highest BCUT2D eigenvalue weighted by atomic mass is 35.5. The minimum Gasteiger partial charge on any atom is -0.390 e. The third-order valence-electron chi connectivity index (χ3n) is 7.42.